The van der Waals surface area contributed by atoms with Gasteiger partial charge in [0.2, 0.25) is 23.6 Å². The Labute approximate surface area is 261 Å². The topological polar surface area (TPSA) is 137 Å². The third-order valence-corrected chi connectivity index (χ3v) is 8.80. The fourth-order valence-corrected chi connectivity index (χ4v) is 4.74. The number of carbonyl (C=O) groups excluding carboxylic acids is 4. The number of rotatable bonds is 12. The van der Waals surface area contributed by atoms with Crippen LogP contribution in [0.2, 0.25) is 0 Å². The second-order valence-electron chi connectivity index (χ2n) is 9.41. The summed E-state index contributed by atoms with van der Waals surface area (Å²) in [7, 11) is 0. The first-order valence-corrected chi connectivity index (χ1v) is 14.6. The first-order chi connectivity index (χ1) is 20.3. The Morgan fingerprint density at radius 3 is 2.07 bits per heavy atom. The van der Waals surface area contributed by atoms with Gasteiger partial charge in [0.05, 0.1) is 17.1 Å². The monoisotopic (exact) mass is 726 g/mol. The summed E-state index contributed by atoms with van der Waals surface area (Å²) in [5, 5.41) is 19.2. The van der Waals surface area contributed by atoms with E-state index < -0.39 is 69.4 Å². The summed E-state index contributed by atoms with van der Waals surface area (Å²) in [5.41, 5.74) is 0.873. The number of hydrogen-bond donors (Lipinski definition) is 5. The Morgan fingerprint density at radius 1 is 0.814 bits per heavy atom. The Hall–Kier alpha value is -3.91. The molecule has 0 aromatic heterocycles. The van der Waals surface area contributed by atoms with Gasteiger partial charge in [-0.15, -0.1) is 0 Å². The SMILES string of the molecule is C[C@H](NC(=O)C(Br)C(Br)c1ccc(F)cc1)C(=O)NCC(=O)N[C@@H](Cc1ccc(O)cc1)C(=O)Nc1ccc(F)cc1F. The molecule has 3 aromatic rings. The molecule has 0 fully saturated rings. The number of amides is 4. The summed E-state index contributed by atoms with van der Waals surface area (Å²) < 4.78 is 40.6. The molecular formula is C29H27Br2F3N4O5. The van der Waals surface area contributed by atoms with Crippen molar-refractivity contribution in [3.63, 3.8) is 0 Å². The molecule has 5 N–H and O–H groups in total. The van der Waals surface area contributed by atoms with Crippen LogP contribution in [0, 0.1) is 17.5 Å². The van der Waals surface area contributed by atoms with Crippen LogP contribution in [0.25, 0.3) is 0 Å². The lowest BCUT2D eigenvalue weighted by Crippen LogP contribution is -2.52. The molecule has 43 heavy (non-hydrogen) atoms. The Bertz CT molecular complexity index is 1460. The smallest absolute Gasteiger partial charge is 0.247 e. The molecule has 4 atom stereocenters. The quantitative estimate of drug-likeness (QED) is 0.180. The van der Waals surface area contributed by atoms with Crippen molar-refractivity contribution in [1.29, 1.82) is 0 Å². The predicted molar refractivity (Wildman–Crippen MR) is 160 cm³/mol. The zero-order valence-corrected chi connectivity index (χ0v) is 25.7. The minimum absolute atomic E-state index is 0.0144. The van der Waals surface area contributed by atoms with Crippen LogP contribution in [-0.2, 0) is 25.6 Å². The number of nitrogens with one attached hydrogen (secondary N) is 4. The van der Waals surface area contributed by atoms with Crippen molar-refractivity contribution in [2.75, 3.05) is 11.9 Å². The zero-order valence-electron chi connectivity index (χ0n) is 22.5. The van der Waals surface area contributed by atoms with E-state index in [1.807, 2.05) is 0 Å². The van der Waals surface area contributed by atoms with Gasteiger partial charge in [0.15, 0.2) is 0 Å². The van der Waals surface area contributed by atoms with Gasteiger partial charge in [0.1, 0.15) is 40.1 Å². The number of aromatic hydroxyl groups is 1. The van der Waals surface area contributed by atoms with Crippen molar-refractivity contribution in [2.24, 2.45) is 0 Å². The molecule has 0 saturated carbocycles. The molecule has 0 heterocycles. The summed E-state index contributed by atoms with van der Waals surface area (Å²) in [6, 6.07) is 11.6. The molecular weight excluding hydrogens is 701 g/mol. The van der Waals surface area contributed by atoms with Crippen molar-refractivity contribution in [3.8, 4) is 5.75 Å². The normalized spacial score (nSPS) is 13.6. The molecule has 14 heteroatoms. The number of hydrogen-bond acceptors (Lipinski definition) is 5. The lowest BCUT2D eigenvalue weighted by Gasteiger charge is -2.21. The largest absolute Gasteiger partial charge is 0.508 e. The van der Waals surface area contributed by atoms with Crippen molar-refractivity contribution < 1.29 is 37.5 Å². The van der Waals surface area contributed by atoms with Crippen LogP contribution < -0.4 is 21.3 Å². The van der Waals surface area contributed by atoms with E-state index >= 15 is 0 Å². The molecule has 0 spiro atoms. The molecule has 0 bridgehead atoms. The van der Waals surface area contributed by atoms with E-state index in [0.29, 0.717) is 17.2 Å². The second kappa shape index (κ2) is 15.5. The third kappa shape index (κ3) is 10.1. The van der Waals surface area contributed by atoms with Gasteiger partial charge in [0, 0.05) is 12.5 Å². The van der Waals surface area contributed by atoms with Crippen LogP contribution in [0.5, 0.6) is 5.75 Å². The van der Waals surface area contributed by atoms with Crippen LogP contribution in [-0.4, -0.2) is 52.2 Å². The van der Waals surface area contributed by atoms with Gasteiger partial charge >= 0.3 is 0 Å². The maximum Gasteiger partial charge on any atom is 0.247 e. The van der Waals surface area contributed by atoms with Crippen LogP contribution in [0.1, 0.15) is 22.9 Å². The molecule has 228 valence electrons. The van der Waals surface area contributed by atoms with Crippen molar-refractivity contribution in [2.45, 2.75) is 35.1 Å². The van der Waals surface area contributed by atoms with Crippen molar-refractivity contribution >= 4 is 61.2 Å². The highest BCUT2D eigenvalue weighted by atomic mass is 79.9. The zero-order chi connectivity index (χ0) is 31.7. The van der Waals surface area contributed by atoms with Crippen LogP contribution in [0.4, 0.5) is 18.9 Å². The first-order valence-electron chi connectivity index (χ1n) is 12.8. The van der Waals surface area contributed by atoms with Gasteiger partial charge in [0.25, 0.3) is 0 Å². The minimum Gasteiger partial charge on any atom is -0.508 e. The number of phenols is 1. The molecule has 0 aliphatic carbocycles. The van der Waals surface area contributed by atoms with E-state index in [9.17, 15) is 37.5 Å². The molecule has 3 rings (SSSR count). The summed E-state index contributed by atoms with van der Waals surface area (Å²) in [4.78, 5) is 49.5. The molecule has 2 unspecified atom stereocenters. The van der Waals surface area contributed by atoms with Gasteiger partial charge in [-0.05, 0) is 54.4 Å². The first kappa shape index (κ1) is 33.6. The standard InChI is InChI=1S/C29H27Br2F3N4O5/c1-15(36-29(43)26(31)25(30)17-4-6-18(32)7-5-17)27(41)35-14-24(40)37-23(12-16-2-9-20(39)10-3-16)28(42)38-22-11-8-19(33)13-21(22)34/h2-11,13,15,23,25-26,39H,12,14H2,1H3,(H,35,41)(H,36,43)(H,37,40)(H,38,42)/t15-,23-,25?,26?/m0/s1. The fraction of sp³-hybridized carbons (Fsp3) is 0.241. The highest BCUT2D eigenvalue weighted by Crippen LogP contribution is 2.31. The highest BCUT2D eigenvalue weighted by molar-refractivity contribution is 9.12. The van der Waals surface area contributed by atoms with Crippen LogP contribution in [0.3, 0.4) is 0 Å². The molecule has 0 radical (unpaired) electrons. The van der Waals surface area contributed by atoms with E-state index in [2.05, 4.69) is 53.1 Å². The Morgan fingerprint density at radius 2 is 1.44 bits per heavy atom. The number of phenolic OH excluding ortho intramolecular Hbond substituents is 1. The highest BCUT2D eigenvalue weighted by Gasteiger charge is 2.28. The maximum atomic E-state index is 14.1. The molecule has 3 aromatic carbocycles. The van der Waals surface area contributed by atoms with Crippen molar-refractivity contribution in [3.05, 3.63) is 95.3 Å². The molecule has 9 nitrogen and oxygen atoms in total. The van der Waals surface area contributed by atoms with E-state index in [-0.39, 0.29) is 17.9 Å². The number of anilines is 1. The number of halogens is 5. The lowest BCUT2D eigenvalue weighted by atomic mass is 10.0. The molecule has 4 amide bonds. The molecule has 0 aliphatic rings. The van der Waals surface area contributed by atoms with Crippen LogP contribution >= 0.6 is 31.9 Å². The van der Waals surface area contributed by atoms with Gasteiger partial charge in [-0.3, -0.25) is 19.2 Å². The number of carbonyl (C=O) groups is 4. The maximum absolute atomic E-state index is 14.1. The average molecular weight is 728 g/mol. The lowest BCUT2D eigenvalue weighted by molar-refractivity contribution is -0.130. The summed E-state index contributed by atoms with van der Waals surface area (Å²) in [5.74, 6) is -5.10. The van der Waals surface area contributed by atoms with E-state index in [4.69, 9.17) is 0 Å². The summed E-state index contributed by atoms with van der Waals surface area (Å²) in [6.45, 7) is 0.849. The summed E-state index contributed by atoms with van der Waals surface area (Å²) >= 11 is 6.64. The van der Waals surface area contributed by atoms with E-state index in [1.165, 1.54) is 55.5 Å². The van der Waals surface area contributed by atoms with Gasteiger partial charge in [-0.1, -0.05) is 56.1 Å². The second-order valence-corrected chi connectivity index (χ2v) is 11.4. The summed E-state index contributed by atoms with van der Waals surface area (Å²) in [6.07, 6.45) is -0.0600. The number of alkyl halides is 2. The van der Waals surface area contributed by atoms with E-state index in [0.717, 1.165) is 12.1 Å². The van der Waals surface area contributed by atoms with Gasteiger partial charge in [-0.2, -0.15) is 0 Å². The van der Waals surface area contributed by atoms with Gasteiger partial charge in [-0.25, -0.2) is 13.2 Å². The van der Waals surface area contributed by atoms with Crippen molar-refractivity contribution in [1.82, 2.24) is 16.0 Å². The average Bonchev–Trinajstić information content (AvgIpc) is 2.97. The Balaban J connectivity index is 1.58. The predicted octanol–water partition coefficient (Wildman–Crippen LogP) is 4.00. The minimum atomic E-state index is -1.24. The Kier molecular flexibility index (Phi) is 12.1. The molecule has 0 aliphatic heterocycles. The van der Waals surface area contributed by atoms with Crippen LogP contribution in [0.15, 0.2) is 66.7 Å². The van der Waals surface area contributed by atoms with Gasteiger partial charge < -0.3 is 26.4 Å². The fourth-order valence-electron chi connectivity index (χ4n) is 3.76. The van der Waals surface area contributed by atoms with E-state index in [1.54, 1.807) is 0 Å². The molecule has 0 saturated heterocycles. The third-order valence-electron chi connectivity index (χ3n) is 6.09. The number of benzene rings is 3.